The molecule has 1 aromatic carbocycles. The topological polar surface area (TPSA) is 91.3 Å². The molecule has 2 aliphatic rings. The largest absolute Gasteiger partial charge is 0.392 e. The van der Waals surface area contributed by atoms with Gasteiger partial charge in [-0.3, -0.25) is 14.6 Å². The fourth-order valence-corrected chi connectivity index (χ4v) is 6.62. The molecule has 2 fully saturated rings. The second-order valence-electron chi connectivity index (χ2n) is 10.7. The Balaban J connectivity index is 1.43. The van der Waals surface area contributed by atoms with Gasteiger partial charge in [0.1, 0.15) is 5.69 Å². The van der Waals surface area contributed by atoms with Gasteiger partial charge < -0.3 is 15.7 Å². The standard InChI is InChI=1S/C28H36ClN3O3/c1-17(26(34)31-16-19-8-4-5-9-21(19)29)20-11-13-28(3)14-12-22(18(2)24(28)25(20)33)32-27(35)23-10-6-7-15-30-23/h4-10,15,17-18,20,22,24-25,33H,11-14,16H2,1-3H3,(H,31,34)(H,32,35)/t17-,18-,20+,22-,24+,25-,28+/m0/s1. The van der Waals surface area contributed by atoms with Crippen molar-refractivity contribution in [3.8, 4) is 0 Å². The number of aromatic nitrogens is 1. The summed E-state index contributed by atoms with van der Waals surface area (Å²) in [5.41, 5.74) is 1.27. The van der Waals surface area contributed by atoms with Crippen LogP contribution in [0.4, 0.5) is 0 Å². The van der Waals surface area contributed by atoms with E-state index in [2.05, 4.69) is 29.5 Å². The summed E-state index contributed by atoms with van der Waals surface area (Å²) in [6, 6.07) is 12.7. The van der Waals surface area contributed by atoms with E-state index < -0.39 is 6.10 Å². The Labute approximate surface area is 212 Å². The van der Waals surface area contributed by atoms with Gasteiger partial charge in [0.15, 0.2) is 0 Å². The van der Waals surface area contributed by atoms with Gasteiger partial charge in [-0.15, -0.1) is 0 Å². The van der Waals surface area contributed by atoms with E-state index in [9.17, 15) is 14.7 Å². The number of pyridine rings is 1. The van der Waals surface area contributed by atoms with Crippen molar-refractivity contribution >= 4 is 23.4 Å². The maximum atomic E-state index is 13.0. The van der Waals surface area contributed by atoms with E-state index in [1.165, 1.54) is 0 Å². The van der Waals surface area contributed by atoms with Gasteiger partial charge in [-0.2, -0.15) is 0 Å². The molecule has 2 aliphatic carbocycles. The van der Waals surface area contributed by atoms with Crippen LogP contribution < -0.4 is 10.6 Å². The molecule has 6 nitrogen and oxygen atoms in total. The third kappa shape index (κ3) is 5.39. The van der Waals surface area contributed by atoms with Crippen LogP contribution in [-0.4, -0.2) is 34.1 Å². The fourth-order valence-electron chi connectivity index (χ4n) is 6.42. The van der Waals surface area contributed by atoms with Gasteiger partial charge in [0, 0.05) is 29.7 Å². The molecule has 188 valence electrons. The van der Waals surface area contributed by atoms with Crippen LogP contribution in [0.5, 0.6) is 0 Å². The first-order chi connectivity index (χ1) is 16.7. The third-order valence-electron chi connectivity index (χ3n) is 8.57. The lowest BCUT2D eigenvalue weighted by molar-refractivity contribution is -0.142. The minimum absolute atomic E-state index is 0.00264. The van der Waals surface area contributed by atoms with Crippen molar-refractivity contribution in [2.75, 3.05) is 0 Å². The number of nitrogens with zero attached hydrogens (tertiary/aromatic N) is 1. The molecule has 7 atom stereocenters. The molecule has 2 saturated carbocycles. The summed E-state index contributed by atoms with van der Waals surface area (Å²) < 4.78 is 0. The fraction of sp³-hybridized carbons (Fsp3) is 0.536. The molecule has 2 amide bonds. The molecular weight excluding hydrogens is 462 g/mol. The van der Waals surface area contributed by atoms with E-state index >= 15 is 0 Å². The Bertz CT molecular complexity index is 1050. The summed E-state index contributed by atoms with van der Waals surface area (Å²) in [5.74, 6) is -0.624. The Morgan fingerprint density at radius 1 is 1.17 bits per heavy atom. The van der Waals surface area contributed by atoms with Crippen molar-refractivity contribution in [2.45, 2.75) is 65.1 Å². The van der Waals surface area contributed by atoms with Crippen LogP contribution in [0.1, 0.15) is 62.5 Å². The van der Waals surface area contributed by atoms with Crippen molar-refractivity contribution < 1.29 is 14.7 Å². The highest BCUT2D eigenvalue weighted by Gasteiger charge is 2.53. The molecule has 0 spiro atoms. The van der Waals surface area contributed by atoms with Gasteiger partial charge >= 0.3 is 0 Å². The van der Waals surface area contributed by atoms with Crippen LogP contribution >= 0.6 is 11.6 Å². The van der Waals surface area contributed by atoms with Crippen molar-refractivity contribution in [3.63, 3.8) is 0 Å². The monoisotopic (exact) mass is 497 g/mol. The second-order valence-corrected chi connectivity index (χ2v) is 11.1. The number of aliphatic hydroxyl groups is 1. The summed E-state index contributed by atoms with van der Waals surface area (Å²) in [7, 11) is 0. The average Bonchev–Trinajstić information content (AvgIpc) is 2.85. The highest BCUT2D eigenvalue weighted by atomic mass is 35.5. The zero-order chi connectivity index (χ0) is 25.2. The smallest absolute Gasteiger partial charge is 0.270 e. The quantitative estimate of drug-likeness (QED) is 0.543. The van der Waals surface area contributed by atoms with E-state index in [0.717, 1.165) is 31.2 Å². The van der Waals surface area contributed by atoms with Gasteiger partial charge in [-0.1, -0.05) is 56.6 Å². The lowest BCUT2D eigenvalue weighted by atomic mass is 9.51. The van der Waals surface area contributed by atoms with Crippen LogP contribution in [0.15, 0.2) is 48.7 Å². The number of fused-ring (bicyclic) bond motifs is 1. The molecular formula is C28H36ClN3O3. The third-order valence-corrected chi connectivity index (χ3v) is 8.94. The molecule has 3 N–H and O–H groups in total. The number of rotatable bonds is 6. The zero-order valence-corrected chi connectivity index (χ0v) is 21.5. The SMILES string of the molecule is C[C@@H]1[C@@H]2[C@@H](O)[C@@H]([C@H](C)C(=O)NCc3ccccc3Cl)CC[C@]2(C)CC[C@@H]1NC(=O)c1ccccn1. The number of nitrogens with one attached hydrogen (secondary N) is 2. The maximum absolute atomic E-state index is 13.0. The van der Waals surface area contributed by atoms with Crippen molar-refractivity contribution in [2.24, 2.45) is 29.1 Å². The lowest BCUT2D eigenvalue weighted by Gasteiger charge is -2.56. The van der Waals surface area contributed by atoms with Gasteiger partial charge in [0.25, 0.3) is 5.91 Å². The van der Waals surface area contributed by atoms with E-state index in [1.807, 2.05) is 31.2 Å². The van der Waals surface area contributed by atoms with Crippen molar-refractivity contribution in [3.05, 3.63) is 64.9 Å². The molecule has 2 aromatic rings. The Morgan fingerprint density at radius 2 is 1.89 bits per heavy atom. The summed E-state index contributed by atoms with van der Waals surface area (Å²) in [5, 5.41) is 18.4. The predicted molar refractivity (Wildman–Crippen MR) is 137 cm³/mol. The summed E-state index contributed by atoms with van der Waals surface area (Å²) in [6.45, 7) is 6.66. The number of hydrogen-bond donors (Lipinski definition) is 3. The number of carbonyl (C=O) groups is 2. The van der Waals surface area contributed by atoms with Crippen LogP contribution in [0.3, 0.4) is 0 Å². The molecule has 1 aromatic heterocycles. The van der Waals surface area contributed by atoms with E-state index in [4.69, 9.17) is 11.6 Å². The molecule has 4 rings (SSSR count). The summed E-state index contributed by atoms with van der Waals surface area (Å²) in [6.07, 6.45) is 4.59. The summed E-state index contributed by atoms with van der Waals surface area (Å²) in [4.78, 5) is 30.0. The van der Waals surface area contributed by atoms with Crippen LogP contribution in [0.2, 0.25) is 5.02 Å². The number of halogens is 1. The van der Waals surface area contributed by atoms with E-state index in [0.29, 0.717) is 17.3 Å². The second kappa shape index (κ2) is 10.7. The number of aliphatic hydroxyl groups excluding tert-OH is 1. The van der Waals surface area contributed by atoms with E-state index in [-0.39, 0.29) is 46.9 Å². The Morgan fingerprint density at radius 3 is 2.60 bits per heavy atom. The molecule has 0 saturated heterocycles. The number of benzene rings is 1. The Kier molecular flexibility index (Phi) is 7.82. The first kappa shape index (κ1) is 25.6. The van der Waals surface area contributed by atoms with Crippen LogP contribution in [0.25, 0.3) is 0 Å². The zero-order valence-electron chi connectivity index (χ0n) is 20.7. The molecule has 0 unspecified atom stereocenters. The van der Waals surface area contributed by atoms with Crippen molar-refractivity contribution in [1.29, 1.82) is 0 Å². The van der Waals surface area contributed by atoms with Gasteiger partial charge in [-0.25, -0.2) is 0 Å². The normalized spacial score (nSPS) is 31.2. The molecule has 7 heteroatoms. The van der Waals surface area contributed by atoms with Gasteiger partial charge in [-0.05, 0) is 72.6 Å². The average molecular weight is 498 g/mol. The van der Waals surface area contributed by atoms with Gasteiger partial charge in [0.2, 0.25) is 5.91 Å². The number of hydrogen-bond acceptors (Lipinski definition) is 4. The highest BCUT2D eigenvalue weighted by Crippen LogP contribution is 2.55. The van der Waals surface area contributed by atoms with E-state index in [1.54, 1.807) is 24.4 Å². The van der Waals surface area contributed by atoms with Crippen molar-refractivity contribution in [1.82, 2.24) is 15.6 Å². The highest BCUT2D eigenvalue weighted by molar-refractivity contribution is 6.31. The minimum Gasteiger partial charge on any atom is -0.392 e. The van der Waals surface area contributed by atoms with Gasteiger partial charge in [0.05, 0.1) is 6.10 Å². The molecule has 0 radical (unpaired) electrons. The molecule has 1 heterocycles. The molecule has 0 aliphatic heterocycles. The molecule has 0 bridgehead atoms. The lowest BCUT2D eigenvalue weighted by Crippen LogP contribution is -2.58. The summed E-state index contributed by atoms with van der Waals surface area (Å²) >= 11 is 6.23. The first-order valence-electron chi connectivity index (χ1n) is 12.6. The first-order valence-corrected chi connectivity index (χ1v) is 13.0. The van der Waals surface area contributed by atoms with Crippen LogP contribution in [0, 0.1) is 29.1 Å². The predicted octanol–water partition coefficient (Wildman–Crippen LogP) is 4.61. The number of amides is 2. The maximum Gasteiger partial charge on any atom is 0.270 e. The minimum atomic E-state index is -0.612. The Hall–Kier alpha value is -2.44. The molecule has 35 heavy (non-hydrogen) atoms. The number of carbonyl (C=O) groups excluding carboxylic acids is 2. The van der Waals surface area contributed by atoms with Crippen LogP contribution in [-0.2, 0) is 11.3 Å².